The highest BCUT2D eigenvalue weighted by Gasteiger charge is 2.25. The number of amides is 1. The van der Waals surface area contributed by atoms with Gasteiger partial charge in [-0.25, -0.2) is 5.43 Å². The van der Waals surface area contributed by atoms with Gasteiger partial charge in [0.05, 0.1) is 17.7 Å². The van der Waals surface area contributed by atoms with Crippen LogP contribution in [0.5, 0.6) is 0 Å². The van der Waals surface area contributed by atoms with Crippen LogP contribution in [0.2, 0.25) is 5.02 Å². The van der Waals surface area contributed by atoms with Gasteiger partial charge in [-0.15, -0.1) is 0 Å². The van der Waals surface area contributed by atoms with Gasteiger partial charge in [0, 0.05) is 9.50 Å². The van der Waals surface area contributed by atoms with E-state index in [0.29, 0.717) is 10.6 Å². The zero-order valence-corrected chi connectivity index (χ0v) is 16.6. The Balaban J connectivity index is 1.77. The molecule has 1 amide bonds. The highest BCUT2D eigenvalue weighted by atomic mass is 79.9. The van der Waals surface area contributed by atoms with E-state index in [2.05, 4.69) is 31.6 Å². The van der Waals surface area contributed by atoms with Gasteiger partial charge in [0.25, 0.3) is 5.91 Å². The first-order valence-electron chi connectivity index (χ1n) is 7.97. The Labute approximate surface area is 173 Å². The van der Waals surface area contributed by atoms with Gasteiger partial charge in [-0.2, -0.15) is 10.2 Å². The summed E-state index contributed by atoms with van der Waals surface area (Å²) in [5.74, 6) is -0.780. The first-order valence-corrected chi connectivity index (χ1v) is 9.15. The van der Waals surface area contributed by atoms with Crippen LogP contribution in [0.1, 0.15) is 21.6 Å². The number of benzene rings is 2. The smallest absolute Gasteiger partial charge is 0.265 e. The molecule has 0 aliphatic heterocycles. The van der Waals surface area contributed by atoms with Gasteiger partial charge in [-0.3, -0.25) is 19.6 Å². The van der Waals surface area contributed by atoms with Gasteiger partial charge < -0.3 is 0 Å². The molecule has 0 fully saturated rings. The van der Waals surface area contributed by atoms with Crippen molar-refractivity contribution >= 4 is 45.3 Å². The highest BCUT2D eigenvalue weighted by molar-refractivity contribution is 9.10. The first-order chi connectivity index (χ1) is 13.4. The molecule has 0 saturated heterocycles. The second-order valence-electron chi connectivity index (χ2n) is 5.70. The average Bonchev–Trinajstić information content (AvgIpc) is 3.06. The van der Waals surface area contributed by atoms with Gasteiger partial charge >= 0.3 is 5.69 Å². The molecule has 1 N–H and O–H groups in total. The third-order valence-corrected chi connectivity index (χ3v) is 4.34. The molecule has 0 radical (unpaired) electrons. The summed E-state index contributed by atoms with van der Waals surface area (Å²) in [7, 11) is 0. The summed E-state index contributed by atoms with van der Waals surface area (Å²) in [6, 6.07) is 14.3. The third kappa shape index (κ3) is 5.02. The lowest BCUT2D eigenvalue weighted by Crippen LogP contribution is -2.19. The van der Waals surface area contributed by atoms with Crippen molar-refractivity contribution in [3.8, 4) is 0 Å². The van der Waals surface area contributed by atoms with Crippen molar-refractivity contribution in [3.05, 3.63) is 91.2 Å². The Morgan fingerprint density at radius 1 is 1.32 bits per heavy atom. The molecule has 2 aromatic carbocycles. The Morgan fingerprint density at radius 3 is 2.82 bits per heavy atom. The monoisotopic (exact) mass is 461 g/mol. The Kier molecular flexibility index (Phi) is 6.17. The zero-order valence-electron chi connectivity index (χ0n) is 14.3. The molecule has 0 saturated carbocycles. The van der Waals surface area contributed by atoms with Crippen LogP contribution in [0.15, 0.2) is 64.3 Å². The van der Waals surface area contributed by atoms with E-state index in [4.69, 9.17) is 11.6 Å². The first kappa shape index (κ1) is 19.7. The van der Waals surface area contributed by atoms with Crippen LogP contribution in [0.4, 0.5) is 5.69 Å². The molecule has 0 unspecified atom stereocenters. The van der Waals surface area contributed by atoms with Crippen molar-refractivity contribution in [1.29, 1.82) is 0 Å². The Bertz CT molecular complexity index is 1070. The van der Waals surface area contributed by atoms with Gasteiger partial charge in [0.1, 0.15) is 6.20 Å². The summed E-state index contributed by atoms with van der Waals surface area (Å²) in [5, 5.41) is 19.7. The normalized spacial score (nSPS) is 10.9. The standard InChI is InChI=1S/C18H13BrClN5O3/c19-14-5-1-4-13(7-14)10-24-11-16(25(27)28)17(23-24)18(26)22-21-9-12-3-2-6-15(20)8-12/h1-9,11H,10H2,(H,22,26)/b21-9-. The number of carbonyl (C=O) groups excluding carboxylic acids is 1. The van der Waals surface area contributed by atoms with Crippen LogP contribution in [0, 0.1) is 10.1 Å². The lowest BCUT2D eigenvalue weighted by atomic mass is 10.2. The van der Waals surface area contributed by atoms with Gasteiger partial charge in [-0.05, 0) is 35.4 Å². The lowest BCUT2D eigenvalue weighted by molar-refractivity contribution is -0.385. The number of carbonyl (C=O) groups is 1. The van der Waals surface area contributed by atoms with Crippen molar-refractivity contribution < 1.29 is 9.72 Å². The van der Waals surface area contributed by atoms with Crippen LogP contribution in [-0.4, -0.2) is 26.8 Å². The maximum atomic E-state index is 12.3. The van der Waals surface area contributed by atoms with E-state index < -0.39 is 16.5 Å². The van der Waals surface area contributed by atoms with Crippen molar-refractivity contribution in [2.75, 3.05) is 0 Å². The summed E-state index contributed by atoms with van der Waals surface area (Å²) in [5.41, 5.74) is 3.08. The van der Waals surface area contributed by atoms with E-state index >= 15 is 0 Å². The number of aromatic nitrogens is 2. The van der Waals surface area contributed by atoms with E-state index in [1.807, 2.05) is 24.3 Å². The minimum Gasteiger partial charge on any atom is -0.265 e. The van der Waals surface area contributed by atoms with Crippen LogP contribution in [0.3, 0.4) is 0 Å². The summed E-state index contributed by atoms with van der Waals surface area (Å²) < 4.78 is 2.22. The molecule has 0 aliphatic carbocycles. The van der Waals surface area contributed by atoms with Crippen molar-refractivity contribution in [3.63, 3.8) is 0 Å². The molecule has 0 spiro atoms. The molecule has 142 valence electrons. The molecule has 1 heterocycles. The number of nitrogens with one attached hydrogen (secondary N) is 1. The average molecular weight is 463 g/mol. The molecule has 3 aromatic rings. The topological polar surface area (TPSA) is 102 Å². The predicted octanol–water partition coefficient (Wildman–Crippen LogP) is 4.02. The van der Waals surface area contributed by atoms with Crippen LogP contribution in [-0.2, 0) is 6.54 Å². The molecule has 0 aliphatic rings. The maximum absolute atomic E-state index is 12.3. The van der Waals surface area contributed by atoms with Gasteiger partial charge in [-0.1, -0.05) is 51.8 Å². The van der Waals surface area contributed by atoms with Gasteiger partial charge in [0.15, 0.2) is 0 Å². The molecule has 28 heavy (non-hydrogen) atoms. The number of nitrogens with zero attached hydrogens (tertiary/aromatic N) is 4. The van der Waals surface area contributed by atoms with Crippen molar-refractivity contribution in [1.82, 2.24) is 15.2 Å². The largest absolute Gasteiger partial charge is 0.320 e. The minimum atomic E-state index is -0.780. The Morgan fingerprint density at radius 2 is 2.11 bits per heavy atom. The lowest BCUT2D eigenvalue weighted by Gasteiger charge is -2.01. The summed E-state index contributed by atoms with van der Waals surface area (Å²) >= 11 is 9.24. The third-order valence-electron chi connectivity index (χ3n) is 3.62. The quantitative estimate of drug-likeness (QED) is 0.339. The SMILES string of the molecule is O=C(N/N=C\c1cccc(Cl)c1)c1nn(Cc2cccc(Br)c2)cc1[N+](=O)[O-]. The molecular formula is C18H13BrClN5O3. The van der Waals surface area contributed by atoms with E-state index in [9.17, 15) is 14.9 Å². The number of nitro groups is 1. The maximum Gasteiger partial charge on any atom is 0.320 e. The molecule has 1 aromatic heterocycles. The second kappa shape index (κ2) is 8.77. The molecule has 0 atom stereocenters. The fourth-order valence-corrected chi connectivity index (χ4v) is 3.06. The molecule has 8 nitrogen and oxygen atoms in total. The summed E-state index contributed by atoms with van der Waals surface area (Å²) in [6.45, 7) is 0.277. The fourth-order valence-electron chi connectivity index (χ4n) is 2.41. The number of hydrogen-bond acceptors (Lipinski definition) is 5. The number of halogens is 2. The molecule has 3 rings (SSSR count). The minimum absolute atomic E-state index is 0.277. The number of rotatable bonds is 6. The van der Waals surface area contributed by atoms with E-state index in [0.717, 1.165) is 10.0 Å². The second-order valence-corrected chi connectivity index (χ2v) is 7.05. The van der Waals surface area contributed by atoms with Gasteiger partial charge in [0.2, 0.25) is 5.69 Å². The van der Waals surface area contributed by atoms with E-state index in [-0.39, 0.29) is 12.2 Å². The Hall–Kier alpha value is -3.04. The summed E-state index contributed by atoms with van der Waals surface area (Å²) in [4.78, 5) is 22.9. The van der Waals surface area contributed by atoms with E-state index in [1.165, 1.54) is 17.1 Å². The van der Waals surface area contributed by atoms with Crippen molar-refractivity contribution in [2.45, 2.75) is 6.54 Å². The highest BCUT2D eigenvalue weighted by Crippen LogP contribution is 2.19. The number of hydrogen-bond donors (Lipinski definition) is 1. The molecule has 0 bridgehead atoms. The number of hydrazone groups is 1. The van der Waals surface area contributed by atoms with Crippen LogP contribution < -0.4 is 5.43 Å². The fraction of sp³-hybridized carbons (Fsp3) is 0.0556. The predicted molar refractivity (Wildman–Crippen MR) is 109 cm³/mol. The summed E-state index contributed by atoms with van der Waals surface area (Å²) in [6.07, 6.45) is 2.60. The van der Waals surface area contributed by atoms with Crippen LogP contribution in [0.25, 0.3) is 0 Å². The molecular weight excluding hydrogens is 450 g/mol. The van der Waals surface area contributed by atoms with Crippen molar-refractivity contribution in [2.24, 2.45) is 5.10 Å². The van der Waals surface area contributed by atoms with E-state index in [1.54, 1.807) is 24.3 Å². The van der Waals surface area contributed by atoms with Crippen LogP contribution >= 0.6 is 27.5 Å². The molecule has 10 heteroatoms. The zero-order chi connectivity index (χ0) is 20.1.